The van der Waals surface area contributed by atoms with Crippen LogP contribution in [0, 0.1) is 5.92 Å². The second-order valence-electron chi connectivity index (χ2n) is 9.69. The Morgan fingerprint density at radius 1 is 1.00 bits per heavy atom. The molecule has 2 aliphatic rings. The Morgan fingerprint density at radius 2 is 1.74 bits per heavy atom. The maximum Gasteiger partial charge on any atom is 0.416 e. The third kappa shape index (κ3) is 5.55. The maximum atomic E-state index is 13.9. The van der Waals surface area contributed by atoms with Gasteiger partial charge >= 0.3 is 11.0 Å². The number of nitrogens with one attached hydrogen (secondary N) is 2. The van der Waals surface area contributed by atoms with Crippen molar-refractivity contribution in [2.45, 2.75) is 22.4 Å². The molecule has 0 radical (unpaired) electrons. The first-order valence-electron chi connectivity index (χ1n) is 12.7. The summed E-state index contributed by atoms with van der Waals surface area (Å²) in [4.78, 5) is 56.6. The average Bonchev–Trinajstić information content (AvgIpc) is 3.46. The molecule has 0 bridgehead atoms. The molecule has 14 heteroatoms. The van der Waals surface area contributed by atoms with Gasteiger partial charge in [-0.15, -0.1) is 0 Å². The number of hydrogen-bond donors (Lipinski definition) is 2. The molecule has 3 amide bonds. The molecule has 1 saturated heterocycles. The standard InChI is InChI=1S/C29H19ClF3N3O5S2/c30-15-8-10-17(11-9-15)36-26(38)22-21(23-25(35-28(40)43-23)42-24(22)27(36)39)18-6-1-2-7-19(18)41-13-20(37)34-16-5-3-4-14(12-16)29(31,32)33/h1-12,21-22,24H,13H2,(H,34,37)(H,35,40)/t21-,22-,24+/m0/s1. The van der Waals surface area contributed by atoms with Crippen LogP contribution in [-0.2, 0) is 20.6 Å². The highest BCUT2D eigenvalue weighted by Crippen LogP contribution is 2.54. The number of ether oxygens (including phenoxy) is 1. The van der Waals surface area contributed by atoms with Gasteiger partial charge in [-0.2, -0.15) is 13.2 Å². The van der Waals surface area contributed by atoms with E-state index < -0.39 is 53.2 Å². The van der Waals surface area contributed by atoms with Crippen LogP contribution in [0.5, 0.6) is 5.75 Å². The van der Waals surface area contributed by atoms with Crippen LogP contribution >= 0.6 is 34.7 Å². The number of carbonyl (C=O) groups excluding carboxylic acids is 3. The lowest BCUT2D eigenvalue weighted by Crippen LogP contribution is -2.32. The Hall–Kier alpha value is -4.07. The van der Waals surface area contributed by atoms with Crippen molar-refractivity contribution in [2.24, 2.45) is 5.92 Å². The van der Waals surface area contributed by atoms with Crippen molar-refractivity contribution in [3.05, 3.63) is 103 Å². The van der Waals surface area contributed by atoms with Crippen molar-refractivity contribution in [2.75, 3.05) is 16.8 Å². The van der Waals surface area contributed by atoms with Crippen molar-refractivity contribution in [3.63, 3.8) is 0 Å². The van der Waals surface area contributed by atoms with Gasteiger partial charge in [0, 0.05) is 27.1 Å². The summed E-state index contributed by atoms with van der Waals surface area (Å²) >= 11 is 8.05. The van der Waals surface area contributed by atoms with Gasteiger partial charge in [0.1, 0.15) is 11.0 Å². The summed E-state index contributed by atoms with van der Waals surface area (Å²) < 4.78 is 45.0. The molecule has 4 aromatic rings. The van der Waals surface area contributed by atoms with E-state index in [4.69, 9.17) is 16.3 Å². The smallest absolute Gasteiger partial charge is 0.416 e. The number of H-pyrrole nitrogens is 1. The van der Waals surface area contributed by atoms with Gasteiger partial charge in [0.25, 0.3) is 5.91 Å². The molecule has 2 N–H and O–H groups in total. The van der Waals surface area contributed by atoms with Crippen molar-refractivity contribution >= 4 is 63.8 Å². The van der Waals surface area contributed by atoms with Gasteiger partial charge in [-0.25, -0.2) is 4.90 Å². The minimum Gasteiger partial charge on any atom is -0.483 e. The Labute approximate surface area is 254 Å². The lowest BCUT2D eigenvalue weighted by atomic mass is 9.82. The molecule has 8 nitrogen and oxygen atoms in total. The van der Waals surface area contributed by atoms with Gasteiger partial charge < -0.3 is 15.0 Å². The lowest BCUT2D eigenvalue weighted by Gasteiger charge is -2.30. The summed E-state index contributed by atoms with van der Waals surface area (Å²) in [6.07, 6.45) is -4.57. The zero-order chi connectivity index (χ0) is 30.5. The van der Waals surface area contributed by atoms with Crippen LogP contribution in [-0.4, -0.2) is 34.6 Å². The quantitative estimate of drug-likeness (QED) is 0.252. The molecule has 1 aromatic heterocycles. The molecular formula is C29H19ClF3N3O5S2. The lowest BCUT2D eigenvalue weighted by molar-refractivity contribution is -0.137. The predicted octanol–water partition coefficient (Wildman–Crippen LogP) is 5.92. The summed E-state index contributed by atoms with van der Waals surface area (Å²) in [6.45, 7) is -0.553. The fourth-order valence-corrected chi connectivity index (χ4v) is 7.81. The van der Waals surface area contributed by atoms with E-state index in [1.54, 1.807) is 48.5 Å². The Bertz CT molecular complexity index is 1810. The molecule has 3 atom stereocenters. The molecule has 0 spiro atoms. The summed E-state index contributed by atoms with van der Waals surface area (Å²) in [5.74, 6) is -3.05. The summed E-state index contributed by atoms with van der Waals surface area (Å²) in [5.41, 5.74) is -0.130. The number of hydrogen-bond acceptors (Lipinski definition) is 7. The fourth-order valence-electron chi connectivity index (χ4n) is 5.18. The van der Waals surface area contributed by atoms with E-state index in [-0.39, 0.29) is 16.3 Å². The number of rotatable bonds is 6. The number of para-hydroxylation sites is 1. The number of benzene rings is 3. The minimum absolute atomic E-state index is 0.0528. The zero-order valence-electron chi connectivity index (χ0n) is 21.7. The van der Waals surface area contributed by atoms with Gasteiger partial charge in [-0.05, 0) is 48.5 Å². The van der Waals surface area contributed by atoms with Crippen LogP contribution in [0.1, 0.15) is 21.9 Å². The van der Waals surface area contributed by atoms with E-state index in [9.17, 15) is 32.3 Å². The van der Waals surface area contributed by atoms with Gasteiger partial charge in [0.15, 0.2) is 6.61 Å². The maximum absolute atomic E-state index is 13.9. The second kappa shape index (κ2) is 11.2. The Morgan fingerprint density at radius 3 is 2.49 bits per heavy atom. The van der Waals surface area contributed by atoms with Crippen LogP contribution in [0.3, 0.4) is 0 Å². The highest BCUT2D eigenvalue weighted by atomic mass is 35.5. The highest BCUT2D eigenvalue weighted by molar-refractivity contribution is 8.00. The van der Waals surface area contributed by atoms with Gasteiger partial charge in [-0.1, -0.05) is 59.0 Å². The first kappa shape index (κ1) is 29.0. The number of halogens is 4. The number of carbonyl (C=O) groups is 3. The van der Waals surface area contributed by atoms with Crippen LogP contribution in [0.25, 0.3) is 0 Å². The van der Waals surface area contributed by atoms with Crippen LogP contribution < -0.4 is 19.8 Å². The molecule has 43 heavy (non-hydrogen) atoms. The zero-order valence-corrected chi connectivity index (χ0v) is 24.1. The number of imide groups is 1. The first-order chi connectivity index (χ1) is 20.5. The topological polar surface area (TPSA) is 109 Å². The van der Waals surface area contributed by atoms with Crippen molar-refractivity contribution in [1.82, 2.24) is 4.98 Å². The number of nitrogens with zero attached hydrogens (tertiary/aromatic N) is 1. The number of aromatic amines is 1. The highest BCUT2D eigenvalue weighted by Gasteiger charge is 2.56. The number of aromatic nitrogens is 1. The van der Waals surface area contributed by atoms with E-state index in [0.29, 0.717) is 26.2 Å². The molecule has 220 valence electrons. The number of thiazole rings is 1. The monoisotopic (exact) mass is 645 g/mol. The molecule has 3 heterocycles. The van der Waals surface area contributed by atoms with Crippen molar-refractivity contribution < 1.29 is 32.3 Å². The third-order valence-corrected chi connectivity index (χ3v) is 9.65. The molecule has 0 saturated carbocycles. The number of alkyl halides is 3. The van der Waals surface area contributed by atoms with Crippen LogP contribution in [0.15, 0.2) is 82.6 Å². The number of anilines is 2. The summed E-state index contributed by atoms with van der Waals surface area (Å²) in [6, 6.07) is 17.1. The molecular weight excluding hydrogens is 627 g/mol. The number of amides is 3. The van der Waals surface area contributed by atoms with Crippen LogP contribution in [0.4, 0.5) is 24.5 Å². The Balaban J connectivity index is 1.30. The second-order valence-corrected chi connectivity index (χ2v) is 12.3. The van der Waals surface area contributed by atoms with E-state index in [2.05, 4.69) is 10.3 Å². The fraction of sp³-hybridized carbons (Fsp3) is 0.172. The Kier molecular flexibility index (Phi) is 7.57. The summed E-state index contributed by atoms with van der Waals surface area (Å²) in [5, 5.41) is 2.46. The normalized spacial score (nSPS) is 19.6. The largest absolute Gasteiger partial charge is 0.483 e. The predicted molar refractivity (Wildman–Crippen MR) is 156 cm³/mol. The molecule has 2 aliphatic heterocycles. The van der Waals surface area contributed by atoms with Crippen molar-refractivity contribution in [1.29, 1.82) is 0 Å². The molecule has 6 rings (SSSR count). The molecule has 0 unspecified atom stereocenters. The van der Waals surface area contributed by atoms with Gasteiger partial charge in [0.2, 0.25) is 11.8 Å². The minimum atomic E-state index is -4.57. The number of fused-ring (bicyclic) bond motifs is 2. The average molecular weight is 646 g/mol. The molecule has 0 aliphatic carbocycles. The summed E-state index contributed by atoms with van der Waals surface area (Å²) in [7, 11) is 0. The van der Waals surface area contributed by atoms with Gasteiger partial charge in [-0.3, -0.25) is 19.2 Å². The third-order valence-electron chi connectivity index (χ3n) is 7.00. The van der Waals surface area contributed by atoms with E-state index in [0.717, 1.165) is 40.1 Å². The molecule has 1 fully saturated rings. The van der Waals surface area contributed by atoms with E-state index >= 15 is 0 Å². The van der Waals surface area contributed by atoms with E-state index in [1.165, 1.54) is 12.1 Å². The number of thioether (sulfide) groups is 1. The molecule has 3 aromatic carbocycles. The van der Waals surface area contributed by atoms with Gasteiger partial charge in [0.05, 0.1) is 22.2 Å². The first-order valence-corrected chi connectivity index (χ1v) is 14.8. The van der Waals surface area contributed by atoms with Crippen LogP contribution in [0.2, 0.25) is 5.02 Å². The van der Waals surface area contributed by atoms with Crippen molar-refractivity contribution in [3.8, 4) is 5.75 Å². The van der Waals surface area contributed by atoms with E-state index in [1.807, 2.05) is 0 Å². The SMILES string of the molecule is O=C(COc1ccccc1[C@@H]1c2sc(=O)[nH]c2S[C@H]2C(=O)N(c3ccc(Cl)cc3)C(=O)[C@@H]12)Nc1cccc(C(F)(F)F)c1.